The van der Waals surface area contributed by atoms with Gasteiger partial charge in [0.15, 0.2) is 0 Å². The highest BCUT2D eigenvalue weighted by Gasteiger charge is 2.19. The van der Waals surface area contributed by atoms with Crippen LogP contribution in [0.3, 0.4) is 0 Å². The maximum Gasteiger partial charge on any atom is 0.239 e. The lowest BCUT2D eigenvalue weighted by molar-refractivity contribution is -0.120. The number of carbonyl (C=O) groups is 1. The molecule has 0 aliphatic carbocycles. The van der Waals surface area contributed by atoms with E-state index >= 15 is 0 Å². The Balaban J connectivity index is 2.64. The van der Waals surface area contributed by atoms with E-state index in [1.165, 1.54) is 6.07 Å². The van der Waals surface area contributed by atoms with Crippen molar-refractivity contribution < 1.29 is 9.90 Å². The first-order chi connectivity index (χ1) is 8.66. The Labute approximate surface area is 104 Å². The third-order valence-electron chi connectivity index (χ3n) is 2.38. The number of amides is 1. The highest BCUT2D eigenvalue weighted by atomic mass is 16.3. The van der Waals surface area contributed by atoms with E-state index in [1.54, 1.807) is 18.2 Å². The van der Waals surface area contributed by atoms with E-state index in [1.807, 2.05) is 0 Å². The lowest BCUT2D eigenvalue weighted by atomic mass is 10.1. The van der Waals surface area contributed by atoms with Crippen LogP contribution in [0.4, 0.5) is 0 Å². The van der Waals surface area contributed by atoms with E-state index in [4.69, 9.17) is 11.3 Å². The Morgan fingerprint density at radius 3 is 2.89 bits per heavy atom. The number of primary amides is 1. The second kappa shape index (κ2) is 7.16. The van der Waals surface area contributed by atoms with Gasteiger partial charge in [-0.15, -0.1) is 0 Å². The van der Waals surface area contributed by atoms with Gasteiger partial charge in [0.25, 0.3) is 0 Å². The Morgan fingerprint density at radius 1 is 1.56 bits per heavy atom. The van der Waals surface area contributed by atoms with Gasteiger partial charge in [0.2, 0.25) is 5.91 Å². The Kier molecular flexibility index (Phi) is 5.50. The molecule has 1 rings (SSSR count). The van der Waals surface area contributed by atoms with E-state index in [0.717, 1.165) is 0 Å². The Morgan fingerprint density at radius 2 is 2.28 bits per heavy atom. The third-order valence-corrected chi connectivity index (χ3v) is 2.38. The van der Waals surface area contributed by atoms with Crippen LogP contribution < -0.4 is 11.1 Å². The number of phenolic OH excluding ortho intramolecular Hbond substituents is 1. The number of hydrogen-bond donors (Lipinski definition) is 3. The molecule has 1 amide bonds. The molecule has 1 aromatic rings. The summed E-state index contributed by atoms with van der Waals surface area (Å²) in [5, 5.41) is 16.0. The van der Waals surface area contributed by atoms with Crippen LogP contribution in [0.25, 0.3) is 10.4 Å². The summed E-state index contributed by atoms with van der Waals surface area (Å²) >= 11 is 0. The summed E-state index contributed by atoms with van der Waals surface area (Å²) in [6.07, 6.45) is 0.585. The zero-order valence-corrected chi connectivity index (χ0v) is 9.78. The van der Waals surface area contributed by atoms with E-state index in [2.05, 4.69) is 15.3 Å². The zero-order chi connectivity index (χ0) is 13.4. The second-order valence-corrected chi connectivity index (χ2v) is 3.66. The summed E-state index contributed by atoms with van der Waals surface area (Å²) in [5.74, 6) is -0.552. The van der Waals surface area contributed by atoms with Gasteiger partial charge in [-0.3, -0.25) is 4.79 Å². The van der Waals surface area contributed by atoms with Gasteiger partial charge in [0, 0.05) is 17.0 Å². The van der Waals surface area contributed by atoms with E-state index in [0.29, 0.717) is 25.1 Å². The zero-order valence-electron chi connectivity index (χ0n) is 9.78. The molecule has 7 nitrogen and oxygen atoms in total. The minimum atomic E-state index is -0.753. The monoisotopic (exact) mass is 249 g/mol. The molecular weight excluding hydrogens is 234 g/mol. The minimum absolute atomic E-state index is 0.0174. The number of nitrogens with one attached hydrogen (secondary N) is 1. The van der Waals surface area contributed by atoms with Crippen molar-refractivity contribution in [1.29, 1.82) is 0 Å². The number of nitrogens with zero attached hydrogens (tertiary/aromatic N) is 3. The van der Waals surface area contributed by atoms with Crippen LogP contribution in [0.1, 0.15) is 18.0 Å². The van der Waals surface area contributed by atoms with Crippen molar-refractivity contribution in [1.82, 2.24) is 5.32 Å². The average Bonchev–Trinajstić information content (AvgIpc) is 2.35. The SMILES string of the molecule is [N-]=[N+]=NCCCNC(C(N)=O)c1ccccc1O. The molecule has 7 heteroatoms. The largest absolute Gasteiger partial charge is 0.508 e. The fourth-order valence-corrected chi connectivity index (χ4v) is 1.54. The summed E-state index contributed by atoms with van der Waals surface area (Å²) in [6.45, 7) is 0.802. The fraction of sp³-hybridized carbons (Fsp3) is 0.364. The number of carbonyl (C=O) groups excluding carboxylic acids is 1. The van der Waals surface area contributed by atoms with Gasteiger partial charge in [-0.05, 0) is 24.6 Å². The molecule has 0 saturated heterocycles. The number of para-hydroxylation sites is 1. The number of hydrogen-bond acceptors (Lipinski definition) is 4. The highest BCUT2D eigenvalue weighted by Crippen LogP contribution is 2.23. The predicted octanol–water partition coefficient (Wildman–Crippen LogP) is 1.21. The van der Waals surface area contributed by atoms with Crippen molar-refractivity contribution >= 4 is 5.91 Å². The second-order valence-electron chi connectivity index (χ2n) is 3.66. The van der Waals surface area contributed by atoms with E-state index in [9.17, 15) is 9.90 Å². The Bertz CT molecular complexity index is 457. The van der Waals surface area contributed by atoms with Crippen LogP contribution in [0, 0.1) is 0 Å². The van der Waals surface area contributed by atoms with Gasteiger partial charge >= 0.3 is 0 Å². The molecule has 1 unspecified atom stereocenters. The number of aromatic hydroxyl groups is 1. The van der Waals surface area contributed by atoms with Crippen molar-refractivity contribution in [2.45, 2.75) is 12.5 Å². The van der Waals surface area contributed by atoms with Gasteiger partial charge in [0.05, 0.1) is 0 Å². The normalized spacial score (nSPS) is 11.6. The van der Waals surface area contributed by atoms with Crippen molar-refractivity contribution in [3.63, 3.8) is 0 Å². The lowest BCUT2D eigenvalue weighted by Crippen LogP contribution is -2.34. The standard InChI is InChI=1S/C11H15N5O2/c12-11(18)10(14-6-3-7-15-16-13)8-4-1-2-5-9(8)17/h1-2,4-5,10,14,17H,3,6-7H2,(H2,12,18). The maximum atomic E-state index is 11.3. The van der Waals surface area contributed by atoms with Crippen LogP contribution in [0.5, 0.6) is 5.75 Å². The molecule has 1 aromatic carbocycles. The van der Waals surface area contributed by atoms with Gasteiger partial charge in [-0.25, -0.2) is 0 Å². The van der Waals surface area contributed by atoms with Crippen molar-refractivity contribution in [3.8, 4) is 5.75 Å². The molecule has 96 valence electrons. The van der Waals surface area contributed by atoms with Gasteiger partial charge < -0.3 is 16.2 Å². The van der Waals surface area contributed by atoms with Gasteiger partial charge in [-0.1, -0.05) is 23.3 Å². The molecule has 0 heterocycles. The van der Waals surface area contributed by atoms with Crippen LogP contribution in [-0.2, 0) is 4.79 Å². The lowest BCUT2D eigenvalue weighted by Gasteiger charge is -2.16. The number of benzene rings is 1. The first kappa shape index (κ1) is 13.8. The summed E-state index contributed by atoms with van der Waals surface area (Å²) < 4.78 is 0. The number of rotatable bonds is 7. The fourth-order valence-electron chi connectivity index (χ4n) is 1.54. The molecule has 0 aliphatic rings. The van der Waals surface area contributed by atoms with Gasteiger partial charge in [0.1, 0.15) is 11.8 Å². The summed E-state index contributed by atoms with van der Waals surface area (Å²) in [4.78, 5) is 14.0. The highest BCUT2D eigenvalue weighted by molar-refractivity contribution is 5.82. The first-order valence-corrected chi connectivity index (χ1v) is 5.48. The molecular formula is C11H15N5O2. The van der Waals surface area contributed by atoms with Crippen LogP contribution in [0.2, 0.25) is 0 Å². The molecule has 4 N–H and O–H groups in total. The van der Waals surface area contributed by atoms with E-state index in [-0.39, 0.29) is 5.75 Å². The molecule has 18 heavy (non-hydrogen) atoms. The molecule has 0 spiro atoms. The summed E-state index contributed by atoms with van der Waals surface area (Å²) in [5.41, 5.74) is 13.8. The molecule has 1 atom stereocenters. The van der Waals surface area contributed by atoms with Crippen LogP contribution in [0.15, 0.2) is 29.4 Å². The molecule has 0 bridgehead atoms. The van der Waals surface area contributed by atoms with Crippen molar-refractivity contribution in [3.05, 3.63) is 40.3 Å². The van der Waals surface area contributed by atoms with E-state index < -0.39 is 11.9 Å². The third kappa shape index (κ3) is 3.97. The smallest absolute Gasteiger partial charge is 0.239 e. The van der Waals surface area contributed by atoms with Crippen molar-refractivity contribution in [2.75, 3.05) is 13.1 Å². The Hall–Kier alpha value is -2.24. The number of phenols is 1. The van der Waals surface area contributed by atoms with Gasteiger partial charge in [-0.2, -0.15) is 0 Å². The maximum absolute atomic E-state index is 11.3. The molecule has 0 aliphatic heterocycles. The van der Waals surface area contributed by atoms with Crippen LogP contribution >= 0.6 is 0 Å². The first-order valence-electron chi connectivity index (χ1n) is 5.48. The number of azide groups is 1. The summed E-state index contributed by atoms with van der Waals surface area (Å²) in [6, 6.07) is 5.75. The molecule has 0 radical (unpaired) electrons. The van der Waals surface area contributed by atoms with Crippen LogP contribution in [-0.4, -0.2) is 24.1 Å². The average molecular weight is 249 g/mol. The molecule has 0 aromatic heterocycles. The molecule has 0 saturated carbocycles. The predicted molar refractivity (Wildman–Crippen MR) is 66.7 cm³/mol. The minimum Gasteiger partial charge on any atom is -0.508 e. The quantitative estimate of drug-likeness (QED) is 0.291. The topological polar surface area (TPSA) is 124 Å². The van der Waals surface area contributed by atoms with Crippen molar-refractivity contribution in [2.24, 2.45) is 10.8 Å². The summed E-state index contributed by atoms with van der Waals surface area (Å²) in [7, 11) is 0. The number of nitrogens with two attached hydrogens (primary N) is 1. The molecule has 0 fully saturated rings.